The highest BCUT2D eigenvalue weighted by Crippen LogP contribution is 1.90. The zero-order valence-electron chi connectivity index (χ0n) is 8.26. The third-order valence-electron chi connectivity index (χ3n) is 1.06. The highest BCUT2D eigenvalue weighted by molar-refractivity contribution is 7.16. The Balaban J connectivity index is 0. The average molecular weight is 206 g/mol. The fraction of sp³-hybridized carbons (Fsp3) is 0.625. The van der Waals surface area contributed by atoms with E-state index in [0.717, 1.165) is 6.54 Å². The third-order valence-corrected chi connectivity index (χ3v) is 1.06. The molecule has 0 saturated carbocycles. The second kappa shape index (κ2) is 9.36. The van der Waals surface area contributed by atoms with Crippen molar-refractivity contribution in [2.24, 2.45) is 5.92 Å². The summed E-state index contributed by atoms with van der Waals surface area (Å²) in [5.74, 6) is 0.456. The number of rotatable bonds is 3. The van der Waals surface area contributed by atoms with E-state index in [-0.39, 0.29) is 5.91 Å². The lowest BCUT2D eigenvalue weighted by Gasteiger charge is -2.05. The van der Waals surface area contributed by atoms with E-state index in [0.29, 0.717) is 11.5 Å². The summed E-state index contributed by atoms with van der Waals surface area (Å²) >= 11 is 0. The number of carbonyl (C=O) groups excluding carboxylic acids is 1. The standard InChI is InChI=1S/C8H15NO.HO2P/c1-6(2)5-9-8(10)7(3)4;1-3-2/h6H,3,5H2,1-2,4H3,(H,9,10);3H/p+1. The normalized spacial score (nSPS) is 9.00. The topological polar surface area (TPSA) is 66.4 Å². The monoisotopic (exact) mass is 206 g/mol. The van der Waals surface area contributed by atoms with E-state index in [2.05, 4.69) is 25.7 Å². The first kappa shape index (κ1) is 14.8. The van der Waals surface area contributed by atoms with Crippen LogP contribution in [0.15, 0.2) is 12.2 Å². The summed E-state index contributed by atoms with van der Waals surface area (Å²) in [6.07, 6.45) is 0. The van der Waals surface area contributed by atoms with E-state index in [1.54, 1.807) is 6.92 Å². The van der Waals surface area contributed by atoms with Gasteiger partial charge in [-0.25, -0.2) is 0 Å². The van der Waals surface area contributed by atoms with Crippen molar-refractivity contribution in [1.82, 2.24) is 5.32 Å². The maximum Gasteiger partial charge on any atom is 0.491 e. The molecule has 0 radical (unpaired) electrons. The fourth-order valence-electron chi connectivity index (χ4n) is 0.448. The number of carbonyl (C=O) groups is 1. The van der Waals surface area contributed by atoms with Gasteiger partial charge in [-0.2, -0.15) is 4.89 Å². The van der Waals surface area contributed by atoms with Gasteiger partial charge in [-0.1, -0.05) is 20.4 Å². The van der Waals surface area contributed by atoms with Gasteiger partial charge in [0.15, 0.2) is 0 Å². The number of hydrogen-bond acceptors (Lipinski definition) is 2. The van der Waals surface area contributed by atoms with Crippen molar-refractivity contribution in [3.8, 4) is 0 Å². The summed E-state index contributed by atoms with van der Waals surface area (Å²) in [5.41, 5.74) is 0.570. The van der Waals surface area contributed by atoms with Crippen molar-refractivity contribution in [3.05, 3.63) is 12.2 Å². The quantitative estimate of drug-likeness (QED) is 0.539. The maximum absolute atomic E-state index is 10.8. The number of amides is 1. The second-order valence-corrected chi connectivity index (χ2v) is 3.16. The fourth-order valence-corrected chi connectivity index (χ4v) is 0.448. The van der Waals surface area contributed by atoms with Gasteiger partial charge in [0, 0.05) is 12.1 Å². The highest BCUT2D eigenvalue weighted by atomic mass is 31.1. The molecule has 1 unspecified atom stereocenters. The van der Waals surface area contributed by atoms with E-state index >= 15 is 0 Å². The Kier molecular flexibility index (Phi) is 10.6. The predicted octanol–water partition coefficient (Wildman–Crippen LogP) is 1.25. The summed E-state index contributed by atoms with van der Waals surface area (Å²) in [7, 11) is -1.17. The van der Waals surface area contributed by atoms with Crippen molar-refractivity contribution in [2.75, 3.05) is 6.54 Å². The van der Waals surface area contributed by atoms with Crippen molar-refractivity contribution < 1.29 is 14.3 Å². The minimum Gasteiger partial charge on any atom is -0.352 e. The molecular formula is C8H17NO3P+. The van der Waals surface area contributed by atoms with Crippen LogP contribution < -0.4 is 5.32 Å². The van der Waals surface area contributed by atoms with E-state index in [4.69, 9.17) is 9.46 Å². The van der Waals surface area contributed by atoms with Gasteiger partial charge in [0.1, 0.15) is 0 Å². The largest absolute Gasteiger partial charge is 0.491 e. The van der Waals surface area contributed by atoms with Crippen molar-refractivity contribution in [3.63, 3.8) is 0 Å². The van der Waals surface area contributed by atoms with Crippen LogP contribution in [0.4, 0.5) is 0 Å². The molecule has 0 aliphatic rings. The Bertz CT molecular complexity index is 180. The molecule has 0 rings (SSSR count). The van der Waals surface area contributed by atoms with Crippen LogP contribution in [0.2, 0.25) is 0 Å². The lowest BCUT2D eigenvalue weighted by Crippen LogP contribution is -2.27. The van der Waals surface area contributed by atoms with Gasteiger partial charge in [0.2, 0.25) is 5.91 Å². The van der Waals surface area contributed by atoms with Crippen LogP contribution in [0.3, 0.4) is 0 Å². The Labute approximate surface area is 80.3 Å². The molecule has 0 aromatic carbocycles. The highest BCUT2D eigenvalue weighted by Gasteiger charge is 2.00. The van der Waals surface area contributed by atoms with Crippen LogP contribution in [0.1, 0.15) is 20.8 Å². The average Bonchev–Trinajstić information content (AvgIpc) is 2.01. The van der Waals surface area contributed by atoms with Crippen molar-refractivity contribution in [2.45, 2.75) is 20.8 Å². The van der Waals surface area contributed by atoms with E-state index in [1.165, 1.54) is 0 Å². The lowest BCUT2D eigenvalue weighted by molar-refractivity contribution is -0.117. The first-order chi connectivity index (χ1) is 5.95. The lowest BCUT2D eigenvalue weighted by atomic mass is 10.2. The Morgan fingerprint density at radius 1 is 1.62 bits per heavy atom. The Morgan fingerprint density at radius 2 is 2.00 bits per heavy atom. The molecular weight excluding hydrogens is 189 g/mol. The predicted molar refractivity (Wildman–Crippen MR) is 53.9 cm³/mol. The SMILES string of the molecule is C=C(C)C(=O)NCC(C)C.O=[PH+]O. The Morgan fingerprint density at radius 3 is 2.23 bits per heavy atom. The number of hydrogen-bond donors (Lipinski definition) is 2. The summed E-state index contributed by atoms with van der Waals surface area (Å²) in [4.78, 5) is 17.9. The minimum atomic E-state index is -1.17. The molecule has 1 amide bonds. The van der Waals surface area contributed by atoms with Gasteiger partial charge in [-0.3, -0.25) is 4.79 Å². The third kappa shape index (κ3) is 14.2. The van der Waals surface area contributed by atoms with Gasteiger partial charge in [0.05, 0.1) is 0 Å². The first-order valence-electron chi connectivity index (χ1n) is 3.90. The van der Waals surface area contributed by atoms with E-state index in [1.807, 2.05) is 0 Å². The second-order valence-electron chi connectivity index (χ2n) is 2.98. The van der Waals surface area contributed by atoms with Crippen LogP contribution in [-0.2, 0) is 9.36 Å². The molecule has 0 spiro atoms. The van der Waals surface area contributed by atoms with Gasteiger partial charge >= 0.3 is 8.69 Å². The maximum atomic E-state index is 10.8. The van der Waals surface area contributed by atoms with E-state index < -0.39 is 8.69 Å². The summed E-state index contributed by atoms with van der Waals surface area (Å²) in [6.45, 7) is 10.1. The number of nitrogens with one attached hydrogen (secondary N) is 1. The molecule has 76 valence electrons. The first-order valence-corrected chi connectivity index (χ1v) is 4.76. The van der Waals surface area contributed by atoms with Gasteiger partial charge in [0.25, 0.3) is 0 Å². The van der Waals surface area contributed by atoms with Crippen molar-refractivity contribution >= 4 is 14.6 Å². The molecule has 0 fully saturated rings. The summed E-state index contributed by atoms with van der Waals surface area (Å²) in [6, 6.07) is 0. The molecule has 5 heteroatoms. The molecule has 0 aliphatic carbocycles. The van der Waals surface area contributed by atoms with Crippen LogP contribution in [0.5, 0.6) is 0 Å². The zero-order chi connectivity index (χ0) is 10.9. The van der Waals surface area contributed by atoms with Gasteiger partial charge < -0.3 is 5.32 Å². The van der Waals surface area contributed by atoms with Crippen LogP contribution in [0, 0.1) is 5.92 Å². The molecule has 0 heterocycles. The van der Waals surface area contributed by atoms with Crippen LogP contribution in [0.25, 0.3) is 0 Å². The summed E-state index contributed by atoms with van der Waals surface area (Å²) in [5, 5.41) is 2.74. The molecule has 0 aliphatic heterocycles. The molecule has 0 bridgehead atoms. The molecule has 0 aromatic rings. The van der Waals surface area contributed by atoms with Gasteiger partial charge in [-0.15, -0.1) is 0 Å². The molecule has 2 N–H and O–H groups in total. The molecule has 13 heavy (non-hydrogen) atoms. The molecule has 1 atom stereocenters. The van der Waals surface area contributed by atoms with Gasteiger partial charge in [-0.05, 0) is 17.4 Å². The smallest absolute Gasteiger partial charge is 0.352 e. The van der Waals surface area contributed by atoms with Crippen LogP contribution >= 0.6 is 8.69 Å². The van der Waals surface area contributed by atoms with E-state index in [9.17, 15) is 4.79 Å². The minimum absolute atomic E-state index is 0.0475. The zero-order valence-corrected chi connectivity index (χ0v) is 9.26. The van der Waals surface area contributed by atoms with Crippen molar-refractivity contribution in [1.29, 1.82) is 0 Å². The van der Waals surface area contributed by atoms with Crippen LogP contribution in [-0.4, -0.2) is 17.3 Å². The Hall–Kier alpha value is -0.730. The molecule has 0 aromatic heterocycles. The molecule has 4 nitrogen and oxygen atoms in total. The molecule has 0 saturated heterocycles. The summed E-state index contributed by atoms with van der Waals surface area (Å²) < 4.78 is 8.51.